The first-order valence-corrected chi connectivity index (χ1v) is 5.32. The van der Waals surface area contributed by atoms with Crippen LogP contribution in [0.3, 0.4) is 0 Å². The summed E-state index contributed by atoms with van der Waals surface area (Å²) in [4.78, 5) is 41.9. The van der Waals surface area contributed by atoms with Gasteiger partial charge in [-0.1, -0.05) is 0 Å². The summed E-state index contributed by atoms with van der Waals surface area (Å²) in [6.45, 7) is -0.857. The number of alkyl halides is 3. The zero-order valence-corrected chi connectivity index (χ0v) is 10.4. The van der Waals surface area contributed by atoms with E-state index in [1.54, 1.807) is 0 Å². The van der Waals surface area contributed by atoms with Gasteiger partial charge in [0, 0.05) is 17.3 Å². The van der Waals surface area contributed by atoms with Gasteiger partial charge in [0.25, 0.3) is 11.6 Å². The number of rotatable bonds is 5. The second-order valence-electron chi connectivity index (χ2n) is 3.65. The minimum atomic E-state index is -5.05. The lowest BCUT2D eigenvalue weighted by Gasteiger charge is -2.10. The molecule has 0 radical (unpaired) electrons. The Bertz CT molecular complexity index is 631. The topological polar surface area (TPSA) is 128 Å². The fraction of sp³-hybridized carbons (Fsp3) is 0.200. The molecule has 12 heteroatoms. The number of hydrogen-bond acceptors (Lipinski definition) is 6. The van der Waals surface area contributed by atoms with E-state index in [0.29, 0.717) is 18.2 Å². The second kappa shape index (κ2) is 6.60. The van der Waals surface area contributed by atoms with E-state index in [1.165, 1.54) is 0 Å². The summed E-state index contributed by atoms with van der Waals surface area (Å²) < 4.78 is 39.8. The Morgan fingerprint density at radius 3 is 2.50 bits per heavy atom. The van der Waals surface area contributed by atoms with Gasteiger partial charge >= 0.3 is 12.3 Å². The smallest absolute Gasteiger partial charge is 0.406 e. The molecule has 0 unspecified atom stereocenters. The third-order valence-electron chi connectivity index (χ3n) is 2.14. The number of carbonyl (C=O) groups is 2. The number of benzene rings is 1. The lowest BCUT2D eigenvalue weighted by atomic mass is 10.1. The highest BCUT2D eigenvalue weighted by atomic mass is 19.4. The number of ether oxygens (including phenoxy) is 1. The van der Waals surface area contributed by atoms with Crippen LogP contribution in [0.4, 0.5) is 18.9 Å². The Labute approximate surface area is 119 Å². The molecule has 1 aromatic rings. The van der Waals surface area contributed by atoms with E-state index in [9.17, 15) is 37.8 Å². The molecule has 0 atom stereocenters. The van der Waals surface area contributed by atoms with Crippen LogP contribution in [0.1, 0.15) is 10.4 Å². The molecule has 0 saturated heterocycles. The van der Waals surface area contributed by atoms with Crippen molar-refractivity contribution in [1.82, 2.24) is 5.32 Å². The van der Waals surface area contributed by atoms with Crippen LogP contribution in [0.2, 0.25) is 0 Å². The van der Waals surface area contributed by atoms with Crippen LogP contribution < -0.4 is 10.1 Å². The molecule has 1 rings (SSSR count). The van der Waals surface area contributed by atoms with Crippen molar-refractivity contribution in [2.24, 2.45) is 5.18 Å². The Balaban J connectivity index is 3.09. The van der Waals surface area contributed by atoms with E-state index < -0.39 is 46.6 Å². The molecule has 0 aromatic heterocycles. The highest BCUT2D eigenvalue weighted by Crippen LogP contribution is 2.28. The molecule has 0 fully saturated rings. The predicted molar refractivity (Wildman–Crippen MR) is 62.9 cm³/mol. The summed E-state index contributed by atoms with van der Waals surface area (Å²) in [5, 5.41) is 14.5. The molecule has 22 heavy (non-hydrogen) atoms. The Morgan fingerprint density at radius 2 is 2.00 bits per heavy atom. The maximum atomic E-state index is 12.1. The molecule has 0 aliphatic heterocycles. The van der Waals surface area contributed by atoms with Crippen molar-refractivity contribution in [3.63, 3.8) is 0 Å². The summed E-state index contributed by atoms with van der Waals surface area (Å²) in [7, 11) is 0. The van der Waals surface area contributed by atoms with Gasteiger partial charge in [0.1, 0.15) is 17.9 Å². The number of halogens is 3. The fourth-order valence-corrected chi connectivity index (χ4v) is 1.34. The van der Waals surface area contributed by atoms with Crippen LogP contribution >= 0.6 is 0 Å². The molecule has 0 heterocycles. The quantitative estimate of drug-likeness (QED) is 0.497. The third-order valence-corrected chi connectivity index (χ3v) is 2.14. The van der Waals surface area contributed by atoms with E-state index in [4.69, 9.17) is 0 Å². The SMILES string of the molecule is O=NC(=O)CNC(=O)c1cc(OC(F)(F)F)ccc1[N+](=O)[O-]. The minimum Gasteiger partial charge on any atom is -0.406 e. The standard InChI is InChI=1S/C10H6F3N3O6/c11-10(12,13)22-5-1-2-7(16(20)21)6(3-5)9(18)14-4-8(17)15-19/h1-3H,4H2,(H,14,18). The van der Waals surface area contributed by atoms with Gasteiger partial charge in [0.15, 0.2) is 0 Å². The number of nitro benzene ring substituents is 1. The van der Waals surface area contributed by atoms with Crippen LogP contribution in [-0.4, -0.2) is 29.6 Å². The summed E-state index contributed by atoms with van der Waals surface area (Å²) in [5.74, 6) is -3.36. The minimum absolute atomic E-state index is 0.486. The van der Waals surface area contributed by atoms with Crippen molar-refractivity contribution in [2.75, 3.05) is 6.54 Å². The molecule has 118 valence electrons. The third kappa shape index (κ3) is 4.81. The van der Waals surface area contributed by atoms with Crippen LogP contribution in [0.15, 0.2) is 23.4 Å². The summed E-state index contributed by atoms with van der Waals surface area (Å²) >= 11 is 0. The lowest BCUT2D eigenvalue weighted by Crippen LogP contribution is -2.29. The van der Waals surface area contributed by atoms with Crippen LogP contribution in [0, 0.1) is 15.0 Å². The zero-order chi connectivity index (χ0) is 16.9. The van der Waals surface area contributed by atoms with Crippen LogP contribution in [0.25, 0.3) is 0 Å². The largest absolute Gasteiger partial charge is 0.573 e. The number of nitro groups is 1. The molecule has 0 spiro atoms. The molecular formula is C10H6F3N3O6. The summed E-state index contributed by atoms with van der Waals surface area (Å²) in [5.41, 5.74) is -1.58. The van der Waals surface area contributed by atoms with E-state index in [-0.39, 0.29) is 0 Å². The van der Waals surface area contributed by atoms with Gasteiger partial charge in [-0.3, -0.25) is 19.7 Å². The van der Waals surface area contributed by atoms with Crippen molar-refractivity contribution in [3.8, 4) is 5.75 Å². The molecule has 0 aliphatic rings. The van der Waals surface area contributed by atoms with Crippen LogP contribution in [-0.2, 0) is 4.79 Å². The van der Waals surface area contributed by atoms with Gasteiger partial charge in [-0.2, -0.15) is 0 Å². The molecule has 9 nitrogen and oxygen atoms in total. The maximum absolute atomic E-state index is 12.1. The van der Waals surface area contributed by atoms with E-state index in [0.717, 1.165) is 0 Å². The highest BCUT2D eigenvalue weighted by Gasteiger charge is 2.32. The molecule has 0 saturated carbocycles. The Hall–Kier alpha value is -3.05. The molecule has 1 aromatic carbocycles. The van der Waals surface area contributed by atoms with Crippen molar-refractivity contribution in [2.45, 2.75) is 6.36 Å². The second-order valence-corrected chi connectivity index (χ2v) is 3.65. The molecule has 1 N–H and O–H groups in total. The van der Waals surface area contributed by atoms with E-state index >= 15 is 0 Å². The monoisotopic (exact) mass is 321 g/mol. The van der Waals surface area contributed by atoms with Gasteiger partial charge in [-0.05, 0) is 6.07 Å². The average Bonchev–Trinajstić information content (AvgIpc) is 2.42. The number of nitrogens with zero attached hydrogens (tertiary/aromatic N) is 2. The first-order valence-electron chi connectivity index (χ1n) is 5.32. The lowest BCUT2D eigenvalue weighted by molar-refractivity contribution is -0.385. The Morgan fingerprint density at radius 1 is 1.36 bits per heavy atom. The normalized spacial score (nSPS) is 10.7. The van der Waals surface area contributed by atoms with Gasteiger partial charge in [-0.15, -0.1) is 18.1 Å². The summed E-state index contributed by atoms with van der Waals surface area (Å²) in [6.07, 6.45) is -5.05. The number of nitroso groups, excluding NO2 is 1. The fourth-order valence-electron chi connectivity index (χ4n) is 1.34. The number of nitrogens with one attached hydrogen (secondary N) is 1. The van der Waals surface area contributed by atoms with Crippen molar-refractivity contribution < 1.29 is 32.4 Å². The average molecular weight is 321 g/mol. The predicted octanol–water partition coefficient (Wildman–Crippen LogP) is 1.52. The molecule has 0 bridgehead atoms. The van der Waals surface area contributed by atoms with E-state index in [1.807, 2.05) is 10.5 Å². The van der Waals surface area contributed by atoms with Gasteiger partial charge < -0.3 is 10.1 Å². The highest BCUT2D eigenvalue weighted by molar-refractivity contribution is 6.00. The molecule has 0 aliphatic carbocycles. The van der Waals surface area contributed by atoms with Gasteiger partial charge in [0.2, 0.25) is 0 Å². The summed E-state index contributed by atoms with van der Waals surface area (Å²) in [6, 6.07) is 1.77. The number of hydrogen-bond donors (Lipinski definition) is 1. The number of amides is 2. The van der Waals surface area contributed by atoms with Crippen molar-refractivity contribution >= 4 is 17.5 Å². The maximum Gasteiger partial charge on any atom is 0.573 e. The van der Waals surface area contributed by atoms with Crippen molar-refractivity contribution in [3.05, 3.63) is 38.8 Å². The molecular weight excluding hydrogens is 315 g/mol. The number of carbonyl (C=O) groups excluding carboxylic acids is 2. The van der Waals surface area contributed by atoms with Crippen LogP contribution in [0.5, 0.6) is 5.75 Å². The first-order chi connectivity index (χ1) is 10.1. The molecule has 2 amide bonds. The van der Waals surface area contributed by atoms with Gasteiger partial charge in [-0.25, -0.2) is 0 Å². The Kier molecular flexibility index (Phi) is 5.10. The zero-order valence-electron chi connectivity index (χ0n) is 10.4. The van der Waals surface area contributed by atoms with Crippen molar-refractivity contribution in [1.29, 1.82) is 0 Å². The van der Waals surface area contributed by atoms with Gasteiger partial charge in [0.05, 0.1) is 4.92 Å². The van der Waals surface area contributed by atoms with E-state index in [2.05, 4.69) is 4.74 Å². The first kappa shape index (κ1) is 17.0.